The largest absolute Gasteiger partial charge is 0.505 e. The molecule has 4 nitrogen and oxygen atoms in total. The Balaban J connectivity index is 2.40. The van der Waals surface area contributed by atoms with E-state index in [9.17, 15) is 9.90 Å². The third kappa shape index (κ3) is 2.38. The molecule has 0 saturated carbocycles. The zero-order valence-corrected chi connectivity index (χ0v) is 10.9. The molecule has 0 heterocycles. The molecule has 0 aromatic heterocycles. The number of nitrogen functional groups attached to an aromatic ring is 1. The number of carbonyl (C=O) groups excluding carboxylic acids is 1. The Hall–Kier alpha value is -2.49. The van der Waals surface area contributed by atoms with Gasteiger partial charge in [0.25, 0.3) is 5.91 Å². The topological polar surface area (TPSA) is 66.6 Å². The molecule has 0 unspecified atom stereocenters. The quantitative estimate of drug-likeness (QED) is 0.641. The number of para-hydroxylation sites is 2. The number of hydrogen-bond donors (Lipinski definition) is 2. The number of phenols is 1. The first-order valence-electron chi connectivity index (χ1n) is 5.93. The lowest BCUT2D eigenvalue weighted by Gasteiger charge is -2.20. The summed E-state index contributed by atoms with van der Waals surface area (Å²) in [5, 5.41) is 9.86. The molecule has 2 aromatic carbocycles. The highest BCUT2D eigenvalue weighted by Gasteiger charge is 2.19. The van der Waals surface area contributed by atoms with Gasteiger partial charge in [-0.2, -0.15) is 0 Å². The summed E-state index contributed by atoms with van der Waals surface area (Å²) in [6.45, 7) is 1.93. The van der Waals surface area contributed by atoms with Crippen molar-refractivity contribution in [2.24, 2.45) is 0 Å². The number of rotatable bonds is 2. The predicted molar refractivity (Wildman–Crippen MR) is 76.4 cm³/mol. The fourth-order valence-electron chi connectivity index (χ4n) is 1.96. The summed E-state index contributed by atoms with van der Waals surface area (Å²) in [6, 6.07) is 12.3. The summed E-state index contributed by atoms with van der Waals surface area (Å²) in [4.78, 5) is 13.9. The van der Waals surface area contributed by atoms with E-state index in [-0.39, 0.29) is 22.9 Å². The molecule has 0 radical (unpaired) electrons. The molecule has 2 rings (SSSR count). The number of anilines is 2. The number of phenolic OH excluding ortho intramolecular Hbond substituents is 1. The van der Waals surface area contributed by atoms with Crippen molar-refractivity contribution in [3.05, 3.63) is 53.6 Å². The summed E-state index contributed by atoms with van der Waals surface area (Å²) in [5.74, 6) is -0.466. The molecule has 19 heavy (non-hydrogen) atoms. The normalized spacial score (nSPS) is 10.2. The Morgan fingerprint density at radius 1 is 1.16 bits per heavy atom. The summed E-state index contributed by atoms with van der Waals surface area (Å²) in [7, 11) is 1.67. The second-order valence-electron chi connectivity index (χ2n) is 4.39. The van der Waals surface area contributed by atoms with Crippen molar-refractivity contribution in [1.29, 1.82) is 0 Å². The molecule has 0 saturated heterocycles. The molecule has 3 N–H and O–H groups in total. The number of amides is 1. The van der Waals surface area contributed by atoms with Gasteiger partial charge < -0.3 is 15.7 Å². The van der Waals surface area contributed by atoms with E-state index in [4.69, 9.17) is 5.73 Å². The van der Waals surface area contributed by atoms with Gasteiger partial charge in [0.05, 0.1) is 11.3 Å². The Morgan fingerprint density at radius 2 is 1.84 bits per heavy atom. The van der Waals surface area contributed by atoms with Gasteiger partial charge in [-0.3, -0.25) is 4.79 Å². The third-order valence-electron chi connectivity index (χ3n) is 3.08. The van der Waals surface area contributed by atoms with Crippen LogP contribution in [0.15, 0.2) is 42.5 Å². The van der Waals surface area contributed by atoms with Crippen LogP contribution in [0.3, 0.4) is 0 Å². The van der Waals surface area contributed by atoms with E-state index in [1.807, 2.05) is 31.2 Å². The maximum atomic E-state index is 12.4. The summed E-state index contributed by atoms with van der Waals surface area (Å²) < 4.78 is 0. The predicted octanol–water partition coefficient (Wildman–Crippen LogP) is 2.56. The van der Waals surface area contributed by atoms with Crippen LogP contribution in [0.5, 0.6) is 5.75 Å². The van der Waals surface area contributed by atoms with E-state index in [1.165, 1.54) is 4.90 Å². The Kier molecular flexibility index (Phi) is 3.42. The van der Waals surface area contributed by atoms with Crippen molar-refractivity contribution in [1.82, 2.24) is 0 Å². The van der Waals surface area contributed by atoms with Crippen LogP contribution in [0.2, 0.25) is 0 Å². The van der Waals surface area contributed by atoms with Crippen molar-refractivity contribution in [2.45, 2.75) is 6.92 Å². The Labute approximate surface area is 112 Å². The molecular weight excluding hydrogens is 240 g/mol. The van der Waals surface area contributed by atoms with E-state index < -0.39 is 0 Å². The molecule has 0 aliphatic heterocycles. The average molecular weight is 256 g/mol. The summed E-state index contributed by atoms with van der Waals surface area (Å²) >= 11 is 0. The van der Waals surface area contributed by atoms with Gasteiger partial charge >= 0.3 is 0 Å². The first-order chi connectivity index (χ1) is 9.02. The van der Waals surface area contributed by atoms with E-state index in [0.29, 0.717) is 0 Å². The fraction of sp³-hybridized carbons (Fsp3) is 0.133. The van der Waals surface area contributed by atoms with Gasteiger partial charge in [0.2, 0.25) is 0 Å². The molecule has 2 aromatic rings. The molecule has 0 spiro atoms. The van der Waals surface area contributed by atoms with Gasteiger partial charge in [0.1, 0.15) is 0 Å². The van der Waals surface area contributed by atoms with Gasteiger partial charge in [-0.25, -0.2) is 0 Å². The number of aromatic hydroxyl groups is 1. The van der Waals surface area contributed by atoms with E-state index in [2.05, 4.69) is 0 Å². The lowest BCUT2D eigenvalue weighted by Crippen LogP contribution is -2.27. The number of nitrogens with zero attached hydrogens (tertiary/aromatic N) is 1. The zero-order valence-electron chi connectivity index (χ0n) is 10.9. The molecule has 0 aliphatic carbocycles. The second kappa shape index (κ2) is 5.02. The Bertz CT molecular complexity index is 623. The number of hydrogen-bond acceptors (Lipinski definition) is 3. The van der Waals surface area contributed by atoms with Crippen LogP contribution < -0.4 is 10.6 Å². The average Bonchev–Trinajstić information content (AvgIpc) is 2.41. The minimum absolute atomic E-state index is 0.173. The van der Waals surface area contributed by atoms with Crippen LogP contribution in [-0.4, -0.2) is 18.1 Å². The smallest absolute Gasteiger partial charge is 0.261 e. The van der Waals surface area contributed by atoms with Crippen LogP contribution >= 0.6 is 0 Å². The van der Waals surface area contributed by atoms with Gasteiger partial charge in [0, 0.05) is 12.7 Å². The van der Waals surface area contributed by atoms with Crippen LogP contribution in [0.25, 0.3) is 0 Å². The maximum Gasteiger partial charge on any atom is 0.261 e. The van der Waals surface area contributed by atoms with E-state index in [1.54, 1.807) is 25.2 Å². The molecule has 0 fully saturated rings. The third-order valence-corrected chi connectivity index (χ3v) is 3.08. The lowest BCUT2D eigenvalue weighted by atomic mass is 10.1. The minimum atomic E-state index is -0.292. The van der Waals surface area contributed by atoms with Gasteiger partial charge in [0.15, 0.2) is 5.75 Å². The van der Waals surface area contributed by atoms with Gasteiger partial charge in [-0.05, 0) is 30.7 Å². The van der Waals surface area contributed by atoms with E-state index in [0.717, 1.165) is 11.3 Å². The molecule has 1 amide bonds. The maximum absolute atomic E-state index is 12.4. The van der Waals surface area contributed by atoms with Crippen LogP contribution in [-0.2, 0) is 0 Å². The highest BCUT2D eigenvalue weighted by Crippen LogP contribution is 2.27. The standard InChI is InChI=1S/C15H16N2O2/c1-10-6-3-4-9-13(10)17(2)15(19)11-7-5-8-12(16)14(11)18/h3-9,18H,16H2,1-2H3. The molecule has 0 aliphatic rings. The monoisotopic (exact) mass is 256 g/mol. The van der Waals surface area contributed by atoms with Crippen molar-refractivity contribution in [2.75, 3.05) is 17.7 Å². The van der Waals surface area contributed by atoms with Gasteiger partial charge in [-0.15, -0.1) is 0 Å². The summed E-state index contributed by atoms with van der Waals surface area (Å²) in [5.41, 5.74) is 7.79. The highest BCUT2D eigenvalue weighted by molar-refractivity contribution is 6.08. The van der Waals surface area contributed by atoms with Crippen molar-refractivity contribution >= 4 is 17.3 Å². The zero-order chi connectivity index (χ0) is 14.0. The first-order valence-corrected chi connectivity index (χ1v) is 5.93. The number of nitrogens with two attached hydrogens (primary N) is 1. The number of aryl methyl sites for hydroxylation is 1. The van der Waals surface area contributed by atoms with Gasteiger partial charge in [-0.1, -0.05) is 24.3 Å². The van der Waals surface area contributed by atoms with Crippen LogP contribution in [0.4, 0.5) is 11.4 Å². The Morgan fingerprint density at radius 3 is 2.53 bits per heavy atom. The molecule has 4 heteroatoms. The van der Waals surface area contributed by atoms with Crippen LogP contribution in [0, 0.1) is 6.92 Å². The fourth-order valence-corrected chi connectivity index (χ4v) is 1.96. The molecule has 98 valence electrons. The van der Waals surface area contributed by atoms with E-state index >= 15 is 0 Å². The summed E-state index contributed by atoms with van der Waals surface area (Å²) in [6.07, 6.45) is 0. The molecule has 0 atom stereocenters. The van der Waals surface area contributed by atoms with Crippen molar-refractivity contribution in [3.63, 3.8) is 0 Å². The molecule has 0 bridgehead atoms. The lowest BCUT2D eigenvalue weighted by molar-refractivity contribution is 0.0990. The molecular formula is C15H16N2O2. The highest BCUT2D eigenvalue weighted by atomic mass is 16.3. The van der Waals surface area contributed by atoms with Crippen molar-refractivity contribution in [3.8, 4) is 5.75 Å². The number of carbonyl (C=O) groups is 1. The number of benzene rings is 2. The first kappa shape index (κ1) is 13.0. The minimum Gasteiger partial charge on any atom is -0.505 e. The van der Waals surface area contributed by atoms with Crippen LogP contribution in [0.1, 0.15) is 15.9 Å². The SMILES string of the molecule is Cc1ccccc1N(C)C(=O)c1cccc(N)c1O. The second-order valence-corrected chi connectivity index (χ2v) is 4.39. The van der Waals surface area contributed by atoms with Crippen molar-refractivity contribution < 1.29 is 9.90 Å².